The van der Waals surface area contributed by atoms with Crippen molar-refractivity contribution in [2.24, 2.45) is 0 Å². The third-order valence-corrected chi connectivity index (χ3v) is 6.68. The first-order chi connectivity index (χ1) is 20.9. The molecule has 4 N–H and O–H groups in total. The van der Waals surface area contributed by atoms with Crippen LogP contribution >= 0.6 is 0 Å². The van der Waals surface area contributed by atoms with Gasteiger partial charge in [0.25, 0.3) is 17.7 Å². The Bertz CT molecular complexity index is 1350. The molecule has 228 valence electrons. The van der Waals surface area contributed by atoms with Crippen molar-refractivity contribution in [3.05, 3.63) is 59.2 Å². The van der Waals surface area contributed by atoms with Crippen molar-refractivity contribution in [2.75, 3.05) is 63.4 Å². The summed E-state index contributed by atoms with van der Waals surface area (Å²) in [5.74, 6) is -2.45. The molecule has 2 aliphatic rings. The third kappa shape index (κ3) is 8.22. The first-order valence-electron chi connectivity index (χ1n) is 13.8. The van der Waals surface area contributed by atoms with Gasteiger partial charge >= 0.3 is 0 Å². The molecular weight excluding hydrogens is 562 g/mol. The first-order valence-corrected chi connectivity index (χ1v) is 13.8. The minimum Gasteiger partial charge on any atom is -0.382 e. The zero-order chi connectivity index (χ0) is 30.6. The zero-order valence-electron chi connectivity index (χ0n) is 23.4. The lowest BCUT2D eigenvalue weighted by atomic mass is 10.0. The van der Waals surface area contributed by atoms with Crippen molar-refractivity contribution in [3.8, 4) is 0 Å². The van der Waals surface area contributed by atoms with Crippen LogP contribution in [0.15, 0.2) is 42.5 Å². The van der Waals surface area contributed by atoms with Crippen LogP contribution in [0.25, 0.3) is 0 Å². The van der Waals surface area contributed by atoms with Gasteiger partial charge in [-0.1, -0.05) is 6.07 Å². The Labute approximate surface area is 247 Å². The van der Waals surface area contributed by atoms with Crippen molar-refractivity contribution in [2.45, 2.75) is 18.9 Å². The van der Waals surface area contributed by atoms with Gasteiger partial charge in [-0.3, -0.25) is 39.0 Å². The molecule has 14 heteroatoms. The summed E-state index contributed by atoms with van der Waals surface area (Å²) in [7, 11) is 0. The molecule has 1 unspecified atom stereocenters. The maximum absolute atomic E-state index is 13.1. The second-order valence-corrected chi connectivity index (χ2v) is 9.53. The fourth-order valence-corrected chi connectivity index (χ4v) is 4.59. The number of hydrogen-bond donors (Lipinski definition) is 4. The molecule has 2 aromatic carbocycles. The molecular formula is C29H33N5O9. The summed E-state index contributed by atoms with van der Waals surface area (Å²) in [5, 5.41) is 10.5. The highest BCUT2D eigenvalue weighted by Gasteiger charge is 2.45. The summed E-state index contributed by atoms with van der Waals surface area (Å²) in [6.45, 7) is 2.74. The second-order valence-electron chi connectivity index (χ2n) is 9.53. The van der Waals surface area contributed by atoms with Gasteiger partial charge in [0.05, 0.1) is 50.8 Å². The van der Waals surface area contributed by atoms with Gasteiger partial charge in [0.1, 0.15) is 6.04 Å². The maximum Gasteiger partial charge on any atom is 0.264 e. The van der Waals surface area contributed by atoms with Crippen molar-refractivity contribution < 1.29 is 43.0 Å². The lowest BCUT2D eigenvalue weighted by Gasteiger charge is -2.27. The summed E-state index contributed by atoms with van der Waals surface area (Å²) in [6.07, 6.45) is 0.721. The van der Waals surface area contributed by atoms with Gasteiger partial charge in [-0.05, 0) is 42.8 Å². The number of rotatable bonds is 17. The van der Waals surface area contributed by atoms with Gasteiger partial charge in [-0.15, -0.1) is 0 Å². The van der Waals surface area contributed by atoms with Gasteiger partial charge in [0.15, 0.2) is 0 Å². The molecule has 6 amide bonds. The number of hydrogen-bond acceptors (Lipinski definition) is 10. The van der Waals surface area contributed by atoms with Crippen LogP contribution in [0.5, 0.6) is 0 Å². The van der Waals surface area contributed by atoms with E-state index in [0.29, 0.717) is 76.1 Å². The summed E-state index contributed by atoms with van der Waals surface area (Å²) in [5.41, 5.74) is 1.94. The molecule has 0 spiro atoms. The Morgan fingerprint density at radius 3 is 2.23 bits per heavy atom. The number of piperidine rings is 1. The number of benzene rings is 2. The number of anilines is 2. The lowest BCUT2D eigenvalue weighted by molar-refractivity contribution is -0.136. The van der Waals surface area contributed by atoms with Crippen LogP contribution in [0, 0.1) is 0 Å². The van der Waals surface area contributed by atoms with Crippen molar-refractivity contribution >= 4 is 47.3 Å². The summed E-state index contributed by atoms with van der Waals surface area (Å²) in [4.78, 5) is 73.2. The van der Waals surface area contributed by atoms with E-state index < -0.39 is 29.7 Å². The van der Waals surface area contributed by atoms with Crippen molar-refractivity contribution in [1.82, 2.24) is 15.5 Å². The van der Waals surface area contributed by atoms with Crippen molar-refractivity contribution in [1.29, 1.82) is 0 Å². The average Bonchev–Trinajstić information content (AvgIpc) is 3.25. The lowest BCUT2D eigenvalue weighted by Crippen LogP contribution is -2.54. The Hall–Kier alpha value is -4.66. The molecule has 1 fully saturated rings. The molecule has 0 aromatic heterocycles. The fourth-order valence-electron chi connectivity index (χ4n) is 4.59. The Morgan fingerprint density at radius 2 is 1.56 bits per heavy atom. The zero-order valence-corrected chi connectivity index (χ0v) is 23.4. The van der Waals surface area contributed by atoms with Gasteiger partial charge in [-0.2, -0.15) is 0 Å². The molecule has 2 aliphatic heterocycles. The van der Waals surface area contributed by atoms with E-state index >= 15 is 0 Å². The number of fused-ring (bicyclic) bond motifs is 1. The Balaban J connectivity index is 1.05. The van der Waals surface area contributed by atoms with Gasteiger partial charge < -0.3 is 30.2 Å². The molecule has 1 saturated heterocycles. The highest BCUT2D eigenvalue weighted by molar-refractivity contribution is 6.25. The fraction of sp³-hybridized carbons (Fsp3) is 0.379. The van der Waals surface area contributed by atoms with E-state index in [1.165, 1.54) is 6.07 Å². The highest BCUT2D eigenvalue weighted by atomic mass is 16.5. The summed E-state index contributed by atoms with van der Waals surface area (Å²) >= 11 is 0. The van der Waals surface area contributed by atoms with E-state index in [-0.39, 0.29) is 29.9 Å². The standard InChI is InChI=1S/C29H33N5O9/c35-18-32-20-6-4-19(5-7-20)26(37)31-11-13-42-15-17-43-16-14-41-12-10-30-22-3-1-2-21-25(22)29(40)34(28(21)39)23-8-9-24(36)33-27(23)38/h1-7,18,23,30H,8-17H2,(H,31,37)(H,32,35)(H,33,36,38). The predicted molar refractivity (Wildman–Crippen MR) is 153 cm³/mol. The van der Waals surface area contributed by atoms with E-state index in [0.717, 1.165) is 4.90 Å². The number of amides is 6. The maximum atomic E-state index is 13.1. The molecule has 0 saturated carbocycles. The number of nitrogens with one attached hydrogen (secondary N) is 4. The van der Waals surface area contributed by atoms with E-state index in [2.05, 4.69) is 21.3 Å². The number of carbonyl (C=O) groups is 6. The summed E-state index contributed by atoms with van der Waals surface area (Å²) < 4.78 is 16.5. The minimum absolute atomic E-state index is 0.0586. The Kier molecular flexibility index (Phi) is 11.3. The largest absolute Gasteiger partial charge is 0.382 e. The van der Waals surface area contributed by atoms with E-state index in [1.54, 1.807) is 36.4 Å². The van der Waals surface area contributed by atoms with E-state index in [9.17, 15) is 28.8 Å². The normalized spacial score (nSPS) is 16.1. The van der Waals surface area contributed by atoms with Gasteiger partial charge in [-0.25, -0.2) is 0 Å². The minimum atomic E-state index is -1.02. The first kappa shape index (κ1) is 31.3. The number of carbonyl (C=O) groups excluding carboxylic acids is 6. The van der Waals surface area contributed by atoms with Crippen LogP contribution in [0.3, 0.4) is 0 Å². The second kappa shape index (κ2) is 15.5. The number of imide groups is 2. The molecule has 14 nitrogen and oxygen atoms in total. The SMILES string of the molecule is O=CNc1ccc(C(=O)NCCOCCOCCOCCNc2cccc3c2C(=O)N(C2CCC(=O)NC2=O)C3=O)cc1. The quantitative estimate of drug-likeness (QED) is 0.115. The van der Waals surface area contributed by atoms with Crippen molar-refractivity contribution in [3.63, 3.8) is 0 Å². The van der Waals surface area contributed by atoms with Crippen LogP contribution < -0.4 is 21.3 Å². The molecule has 0 aliphatic carbocycles. The van der Waals surface area contributed by atoms with E-state index in [4.69, 9.17) is 14.2 Å². The monoisotopic (exact) mass is 595 g/mol. The molecule has 0 bridgehead atoms. The van der Waals surface area contributed by atoms with Gasteiger partial charge in [0.2, 0.25) is 18.2 Å². The number of nitrogens with zero attached hydrogens (tertiary/aromatic N) is 1. The average molecular weight is 596 g/mol. The molecule has 2 aromatic rings. The summed E-state index contributed by atoms with van der Waals surface area (Å²) in [6, 6.07) is 10.4. The molecule has 2 heterocycles. The van der Waals surface area contributed by atoms with Crippen LogP contribution in [-0.4, -0.2) is 99.6 Å². The Morgan fingerprint density at radius 1 is 0.884 bits per heavy atom. The molecule has 4 rings (SSSR count). The van der Waals surface area contributed by atoms with Gasteiger partial charge in [0, 0.05) is 36.4 Å². The van der Waals surface area contributed by atoms with Crippen LogP contribution in [0.4, 0.5) is 11.4 Å². The highest BCUT2D eigenvalue weighted by Crippen LogP contribution is 2.32. The molecule has 43 heavy (non-hydrogen) atoms. The van der Waals surface area contributed by atoms with Crippen LogP contribution in [0.2, 0.25) is 0 Å². The van der Waals surface area contributed by atoms with Crippen LogP contribution in [0.1, 0.15) is 43.9 Å². The number of ether oxygens (including phenoxy) is 3. The van der Waals surface area contributed by atoms with Crippen LogP contribution in [-0.2, 0) is 28.6 Å². The topological polar surface area (TPSA) is 181 Å². The molecule has 1 atom stereocenters. The smallest absolute Gasteiger partial charge is 0.264 e. The predicted octanol–water partition coefficient (Wildman–Crippen LogP) is 0.548. The third-order valence-electron chi connectivity index (χ3n) is 6.68. The van der Waals surface area contributed by atoms with E-state index in [1.807, 2.05) is 0 Å². The molecule has 0 radical (unpaired) electrons.